The topological polar surface area (TPSA) is 204 Å². The van der Waals surface area contributed by atoms with Gasteiger partial charge in [-0.3, -0.25) is 24.0 Å². The molecule has 0 aliphatic heterocycles. The maximum Gasteiger partial charge on any atom is 0.374 e. The van der Waals surface area contributed by atoms with Crippen molar-refractivity contribution in [1.29, 1.82) is 0 Å². The first kappa shape index (κ1) is 49.3. The summed E-state index contributed by atoms with van der Waals surface area (Å²) in [5.41, 5.74) is -0.199. The summed E-state index contributed by atoms with van der Waals surface area (Å²) >= 11 is 0. The van der Waals surface area contributed by atoms with E-state index in [9.17, 15) is 33.6 Å². The molecule has 0 fully saturated rings. The SMILES string of the molecule is CCOC(=O)C(C)=O.CCOCCOC(C)=O.COC(=O)C(C)=O.COC(C)(C)CCOC(C)=O.COC(C)CC(=O)O. The number of hydrogen-bond donors (Lipinski definition) is 1. The first-order chi connectivity index (χ1) is 19.8. The molecule has 0 aromatic carbocycles. The van der Waals surface area contributed by atoms with Crippen molar-refractivity contribution in [2.24, 2.45) is 0 Å². The van der Waals surface area contributed by atoms with Crippen molar-refractivity contribution >= 4 is 41.4 Å². The Kier molecular flexibility index (Phi) is 37.9. The van der Waals surface area contributed by atoms with E-state index >= 15 is 0 Å². The Morgan fingerprint density at radius 2 is 1.16 bits per heavy atom. The van der Waals surface area contributed by atoms with Crippen LogP contribution in [0.4, 0.5) is 0 Å². The predicted octanol–water partition coefficient (Wildman–Crippen LogP) is 2.33. The quantitative estimate of drug-likeness (QED) is 0.127. The number of hydrogen-bond acceptors (Lipinski definition) is 14. The van der Waals surface area contributed by atoms with Crippen molar-refractivity contribution < 1.29 is 71.8 Å². The van der Waals surface area contributed by atoms with Gasteiger partial charge in [-0.05, 0) is 34.6 Å². The number of carboxylic acids is 1. The Bertz CT molecular complexity index is 791. The van der Waals surface area contributed by atoms with Gasteiger partial charge in [-0.2, -0.15) is 0 Å². The highest BCUT2D eigenvalue weighted by molar-refractivity contribution is 6.32. The van der Waals surface area contributed by atoms with E-state index in [1.807, 2.05) is 20.8 Å². The minimum atomic E-state index is -0.820. The smallest absolute Gasteiger partial charge is 0.374 e. The Balaban J connectivity index is -0.000000141. The van der Waals surface area contributed by atoms with Crippen molar-refractivity contribution in [2.75, 3.05) is 54.4 Å². The van der Waals surface area contributed by atoms with Crippen LogP contribution in [0.15, 0.2) is 0 Å². The molecule has 0 saturated carbocycles. The molecule has 1 unspecified atom stereocenters. The number of carbonyl (C=O) groups is 7. The van der Waals surface area contributed by atoms with Crippen LogP contribution < -0.4 is 0 Å². The second kappa shape index (κ2) is 33.1. The number of aliphatic carboxylic acids is 1. The van der Waals surface area contributed by atoms with E-state index in [2.05, 4.69) is 18.9 Å². The Labute approximate surface area is 254 Å². The van der Waals surface area contributed by atoms with Crippen LogP contribution in [0, 0.1) is 0 Å². The third-order valence-electron chi connectivity index (χ3n) is 4.20. The molecule has 1 atom stereocenters. The number of ether oxygens (including phenoxy) is 7. The van der Waals surface area contributed by atoms with Crippen LogP contribution in [-0.2, 0) is 66.7 Å². The van der Waals surface area contributed by atoms with Gasteiger partial charge in [0.05, 0.1) is 45.1 Å². The Morgan fingerprint density at radius 3 is 1.40 bits per heavy atom. The minimum Gasteiger partial charge on any atom is -0.481 e. The van der Waals surface area contributed by atoms with Crippen LogP contribution in [0.2, 0.25) is 0 Å². The normalized spacial score (nSPS) is 10.0. The van der Waals surface area contributed by atoms with Crippen LogP contribution in [-0.4, -0.2) is 113 Å². The van der Waals surface area contributed by atoms with E-state index in [0.717, 1.165) is 13.3 Å². The molecule has 43 heavy (non-hydrogen) atoms. The number of carboxylic acid groups (broad SMARTS) is 1. The summed E-state index contributed by atoms with van der Waals surface area (Å²) in [6, 6.07) is 0. The molecule has 0 aromatic heterocycles. The number of carbonyl (C=O) groups excluding carboxylic acids is 6. The lowest BCUT2D eigenvalue weighted by atomic mass is 10.1. The highest BCUT2D eigenvalue weighted by atomic mass is 16.6. The molecule has 254 valence electrons. The summed E-state index contributed by atoms with van der Waals surface area (Å²) in [7, 11) is 4.31. The van der Waals surface area contributed by atoms with E-state index in [0.29, 0.717) is 26.4 Å². The first-order valence-electron chi connectivity index (χ1n) is 13.2. The van der Waals surface area contributed by atoms with Gasteiger partial charge in [0.1, 0.15) is 6.61 Å². The summed E-state index contributed by atoms with van der Waals surface area (Å²) in [5.74, 6) is -3.98. The summed E-state index contributed by atoms with van der Waals surface area (Å²) in [4.78, 5) is 70.4. The van der Waals surface area contributed by atoms with Crippen LogP contribution in [0.3, 0.4) is 0 Å². The molecule has 15 heteroatoms. The van der Waals surface area contributed by atoms with Gasteiger partial charge in [-0.1, -0.05) is 0 Å². The molecule has 1 N–H and O–H groups in total. The van der Waals surface area contributed by atoms with Gasteiger partial charge >= 0.3 is 29.8 Å². The molecule has 0 heterocycles. The second-order valence-electron chi connectivity index (χ2n) is 8.56. The summed E-state index contributed by atoms with van der Waals surface area (Å²) in [5, 5.41) is 8.14. The molecule has 0 bridgehead atoms. The fourth-order valence-electron chi connectivity index (χ4n) is 1.64. The summed E-state index contributed by atoms with van der Waals surface area (Å²) < 4.78 is 32.4. The van der Waals surface area contributed by atoms with Crippen molar-refractivity contribution in [2.45, 2.75) is 86.9 Å². The van der Waals surface area contributed by atoms with Gasteiger partial charge in [0, 0.05) is 54.9 Å². The highest BCUT2D eigenvalue weighted by Gasteiger charge is 2.16. The maximum absolute atomic E-state index is 10.4. The lowest BCUT2D eigenvalue weighted by molar-refractivity contribution is -0.152. The fourth-order valence-corrected chi connectivity index (χ4v) is 1.64. The maximum atomic E-state index is 10.4. The Morgan fingerprint density at radius 1 is 0.698 bits per heavy atom. The standard InChI is InChI=1S/C8H16O3.C6H12O3.C5H10O3.C5H8O3.C4H6O3/c1-7(9)11-6-5-8(2,3)10-4;1-3-8-4-5-9-6(2)7;1-4(8-2)3-5(6)7;1-3-8-5(7)4(2)6;1-3(5)4(6)7-2/h5-6H2,1-4H3;3-5H2,1-2H3;4H,3H2,1-2H3,(H,6,7);3H2,1-2H3;1-2H3. The molecular weight excluding hydrogens is 576 g/mol. The minimum absolute atomic E-state index is 0.0799. The van der Waals surface area contributed by atoms with Crippen LogP contribution in [0.5, 0.6) is 0 Å². The van der Waals surface area contributed by atoms with Crippen molar-refractivity contribution in [3.05, 3.63) is 0 Å². The van der Waals surface area contributed by atoms with Gasteiger partial charge in [0.25, 0.3) is 0 Å². The predicted molar refractivity (Wildman–Crippen MR) is 154 cm³/mol. The third-order valence-corrected chi connectivity index (χ3v) is 4.20. The molecule has 15 nitrogen and oxygen atoms in total. The van der Waals surface area contributed by atoms with Crippen LogP contribution >= 0.6 is 0 Å². The first-order valence-corrected chi connectivity index (χ1v) is 13.2. The molecule has 0 aliphatic carbocycles. The lowest BCUT2D eigenvalue weighted by Gasteiger charge is -2.21. The molecule has 0 spiro atoms. The number of Topliss-reactive ketones (excluding diaryl/α,β-unsaturated/α-hetero) is 2. The van der Waals surface area contributed by atoms with E-state index in [4.69, 9.17) is 19.3 Å². The second-order valence-corrected chi connectivity index (χ2v) is 8.56. The summed E-state index contributed by atoms with van der Waals surface area (Å²) in [6.45, 7) is 16.5. The number of rotatable bonds is 14. The van der Waals surface area contributed by atoms with Gasteiger partial charge < -0.3 is 38.3 Å². The van der Waals surface area contributed by atoms with Gasteiger partial charge in [0.2, 0.25) is 11.6 Å². The van der Waals surface area contributed by atoms with Crippen molar-refractivity contribution in [3.8, 4) is 0 Å². The monoisotopic (exact) mass is 628 g/mol. The number of ketones is 2. The van der Waals surface area contributed by atoms with Crippen LogP contribution in [0.25, 0.3) is 0 Å². The third kappa shape index (κ3) is 51.8. The van der Waals surface area contributed by atoms with E-state index in [-0.39, 0.29) is 36.7 Å². The zero-order valence-corrected chi connectivity index (χ0v) is 27.7. The molecular formula is C28H52O15. The van der Waals surface area contributed by atoms with Gasteiger partial charge in [0.15, 0.2) is 0 Å². The molecule has 0 aliphatic rings. The molecule has 0 saturated heterocycles. The average Bonchev–Trinajstić information content (AvgIpc) is 2.91. The zero-order chi connectivity index (χ0) is 35.0. The van der Waals surface area contributed by atoms with Crippen molar-refractivity contribution in [3.63, 3.8) is 0 Å². The molecule has 0 amide bonds. The van der Waals surface area contributed by atoms with Crippen LogP contribution in [0.1, 0.15) is 75.2 Å². The van der Waals surface area contributed by atoms with E-state index in [1.54, 1.807) is 21.0 Å². The molecule has 0 rings (SSSR count). The number of methoxy groups -OCH3 is 3. The van der Waals surface area contributed by atoms with Gasteiger partial charge in [-0.25, -0.2) is 9.59 Å². The lowest BCUT2D eigenvalue weighted by Crippen LogP contribution is -2.24. The molecule has 0 aromatic rings. The Hall–Kier alpha value is -3.43. The van der Waals surface area contributed by atoms with Crippen molar-refractivity contribution in [1.82, 2.24) is 0 Å². The fraction of sp³-hybridized carbons (Fsp3) is 0.750. The largest absolute Gasteiger partial charge is 0.481 e. The van der Waals surface area contributed by atoms with E-state index < -0.39 is 29.5 Å². The summed E-state index contributed by atoms with van der Waals surface area (Å²) in [6.07, 6.45) is 0.632. The highest BCUT2D eigenvalue weighted by Crippen LogP contribution is 2.12. The average molecular weight is 629 g/mol. The zero-order valence-electron chi connectivity index (χ0n) is 27.7. The number of esters is 4. The van der Waals surface area contributed by atoms with E-state index in [1.165, 1.54) is 35.0 Å². The molecule has 0 radical (unpaired) electrons. The van der Waals surface area contributed by atoms with Gasteiger partial charge in [-0.15, -0.1) is 0 Å².